The number of hydrogen-bond donors (Lipinski definition) is 2. The van der Waals surface area contributed by atoms with E-state index in [0.29, 0.717) is 5.69 Å². The van der Waals surface area contributed by atoms with Crippen molar-refractivity contribution in [3.05, 3.63) is 94.7 Å². The van der Waals surface area contributed by atoms with E-state index in [1.165, 1.54) is 66.4 Å². The predicted molar refractivity (Wildman–Crippen MR) is 119 cm³/mol. The second-order valence-corrected chi connectivity index (χ2v) is 6.87. The standard InChI is InChI=1S/C23H17F2N5O4/c1-33-19-20(26)27-12-28-22(19)34-18-9-6-14(11-17(18)25)29-21(31)16-3-2-10-30(23(16)32)15-7-4-13(24)5-8-15/h2-12H,1H3,(H,29,31)(H2,26,27,28). The highest BCUT2D eigenvalue weighted by Gasteiger charge is 2.17. The first-order valence-electron chi connectivity index (χ1n) is 9.78. The molecule has 0 aliphatic carbocycles. The summed E-state index contributed by atoms with van der Waals surface area (Å²) in [6.45, 7) is 0. The van der Waals surface area contributed by atoms with Gasteiger partial charge in [0.15, 0.2) is 17.4 Å². The molecule has 2 heterocycles. The Hall–Kier alpha value is -4.80. The van der Waals surface area contributed by atoms with E-state index in [9.17, 15) is 18.4 Å². The third-order valence-corrected chi connectivity index (χ3v) is 4.70. The molecule has 2 aromatic heterocycles. The zero-order chi connectivity index (χ0) is 24.2. The average molecular weight is 465 g/mol. The van der Waals surface area contributed by atoms with Crippen LogP contribution in [0.2, 0.25) is 0 Å². The Labute approximate surface area is 191 Å². The Balaban J connectivity index is 1.55. The molecule has 9 nitrogen and oxygen atoms in total. The van der Waals surface area contributed by atoms with Crippen LogP contribution in [-0.4, -0.2) is 27.6 Å². The fraction of sp³-hybridized carbons (Fsp3) is 0.0435. The lowest BCUT2D eigenvalue weighted by Gasteiger charge is -2.12. The lowest BCUT2D eigenvalue weighted by atomic mass is 10.2. The average Bonchev–Trinajstić information content (AvgIpc) is 2.82. The van der Waals surface area contributed by atoms with Gasteiger partial charge in [-0.15, -0.1) is 0 Å². The van der Waals surface area contributed by atoms with Gasteiger partial charge >= 0.3 is 0 Å². The second-order valence-electron chi connectivity index (χ2n) is 6.87. The third-order valence-electron chi connectivity index (χ3n) is 4.70. The van der Waals surface area contributed by atoms with Gasteiger partial charge in [0.1, 0.15) is 17.7 Å². The number of carbonyl (C=O) groups excluding carboxylic acids is 1. The van der Waals surface area contributed by atoms with Gasteiger partial charge in [0, 0.05) is 23.6 Å². The number of carbonyl (C=O) groups is 1. The molecule has 0 aliphatic heterocycles. The summed E-state index contributed by atoms with van der Waals surface area (Å²) in [5.74, 6) is -2.24. The maximum absolute atomic E-state index is 14.6. The van der Waals surface area contributed by atoms with Gasteiger partial charge in [-0.1, -0.05) is 0 Å². The van der Waals surface area contributed by atoms with Crippen molar-refractivity contribution < 1.29 is 23.0 Å². The molecule has 34 heavy (non-hydrogen) atoms. The van der Waals surface area contributed by atoms with Crippen LogP contribution in [0.15, 0.2) is 71.9 Å². The number of pyridine rings is 1. The first-order valence-corrected chi connectivity index (χ1v) is 9.78. The van der Waals surface area contributed by atoms with Gasteiger partial charge in [0.25, 0.3) is 17.3 Å². The van der Waals surface area contributed by atoms with Crippen molar-refractivity contribution in [3.63, 3.8) is 0 Å². The lowest BCUT2D eigenvalue weighted by molar-refractivity contribution is 0.102. The van der Waals surface area contributed by atoms with Crippen molar-refractivity contribution in [1.29, 1.82) is 0 Å². The predicted octanol–water partition coefficient (Wildman–Crippen LogP) is 3.54. The van der Waals surface area contributed by atoms with Crippen LogP contribution in [0.4, 0.5) is 20.3 Å². The Morgan fingerprint density at radius 1 is 1.09 bits per heavy atom. The highest BCUT2D eigenvalue weighted by Crippen LogP contribution is 2.34. The van der Waals surface area contributed by atoms with Crippen molar-refractivity contribution in [2.45, 2.75) is 0 Å². The molecule has 0 aliphatic rings. The number of ether oxygens (including phenoxy) is 2. The monoisotopic (exact) mass is 465 g/mol. The fourth-order valence-corrected chi connectivity index (χ4v) is 3.07. The van der Waals surface area contributed by atoms with Crippen molar-refractivity contribution in [3.8, 4) is 23.1 Å². The van der Waals surface area contributed by atoms with Crippen molar-refractivity contribution in [2.24, 2.45) is 0 Å². The summed E-state index contributed by atoms with van der Waals surface area (Å²) >= 11 is 0. The van der Waals surface area contributed by atoms with E-state index < -0.39 is 23.1 Å². The molecule has 4 rings (SSSR count). The molecule has 2 aromatic carbocycles. The minimum Gasteiger partial charge on any atom is -0.489 e. The zero-order valence-electron chi connectivity index (χ0n) is 17.7. The summed E-state index contributed by atoms with van der Waals surface area (Å²) in [5, 5.41) is 2.47. The number of nitrogen functional groups attached to an aromatic ring is 1. The fourth-order valence-electron chi connectivity index (χ4n) is 3.07. The first-order chi connectivity index (χ1) is 16.4. The molecule has 0 atom stereocenters. The molecule has 11 heteroatoms. The minimum atomic E-state index is -0.811. The Bertz CT molecular complexity index is 1420. The van der Waals surface area contributed by atoms with Crippen LogP contribution >= 0.6 is 0 Å². The molecule has 1 amide bonds. The lowest BCUT2D eigenvalue weighted by Crippen LogP contribution is -2.27. The summed E-state index contributed by atoms with van der Waals surface area (Å²) in [4.78, 5) is 33.1. The van der Waals surface area contributed by atoms with Crippen LogP contribution in [-0.2, 0) is 0 Å². The van der Waals surface area contributed by atoms with Crippen LogP contribution in [0.5, 0.6) is 17.4 Å². The Morgan fingerprint density at radius 2 is 1.85 bits per heavy atom. The summed E-state index contributed by atoms with van der Waals surface area (Å²) < 4.78 is 39.5. The summed E-state index contributed by atoms with van der Waals surface area (Å²) in [6.07, 6.45) is 2.59. The van der Waals surface area contributed by atoms with Gasteiger partial charge in [-0.2, -0.15) is 4.98 Å². The molecular formula is C23H17F2N5O4. The largest absolute Gasteiger partial charge is 0.489 e. The molecule has 0 saturated carbocycles. The molecular weight excluding hydrogens is 448 g/mol. The van der Waals surface area contributed by atoms with Crippen LogP contribution in [0.25, 0.3) is 5.69 Å². The van der Waals surface area contributed by atoms with E-state index in [1.807, 2.05) is 0 Å². The maximum atomic E-state index is 14.6. The van der Waals surface area contributed by atoms with Crippen molar-refractivity contribution in [2.75, 3.05) is 18.2 Å². The molecule has 3 N–H and O–H groups in total. The normalized spacial score (nSPS) is 10.6. The van der Waals surface area contributed by atoms with Crippen LogP contribution in [0, 0.1) is 11.6 Å². The molecule has 0 saturated heterocycles. The van der Waals surface area contributed by atoms with Gasteiger partial charge in [0.2, 0.25) is 5.75 Å². The van der Waals surface area contributed by atoms with E-state index in [1.54, 1.807) is 0 Å². The number of hydrogen-bond acceptors (Lipinski definition) is 7. The van der Waals surface area contributed by atoms with Gasteiger partial charge in [0.05, 0.1) is 7.11 Å². The third kappa shape index (κ3) is 4.53. The van der Waals surface area contributed by atoms with E-state index >= 15 is 0 Å². The number of amides is 1. The van der Waals surface area contributed by atoms with Gasteiger partial charge in [-0.3, -0.25) is 14.2 Å². The highest BCUT2D eigenvalue weighted by atomic mass is 19.1. The molecule has 0 fully saturated rings. The molecule has 0 spiro atoms. The second kappa shape index (κ2) is 9.36. The number of aromatic nitrogens is 3. The summed E-state index contributed by atoms with van der Waals surface area (Å²) in [7, 11) is 1.34. The molecule has 172 valence electrons. The summed E-state index contributed by atoms with van der Waals surface area (Å²) in [6, 6.07) is 11.7. The van der Waals surface area contributed by atoms with Crippen LogP contribution in [0.1, 0.15) is 10.4 Å². The Morgan fingerprint density at radius 3 is 2.56 bits per heavy atom. The topological polar surface area (TPSA) is 121 Å². The summed E-state index contributed by atoms with van der Waals surface area (Å²) in [5.41, 5.74) is 5.34. The highest BCUT2D eigenvalue weighted by molar-refractivity contribution is 6.04. The van der Waals surface area contributed by atoms with E-state index in [2.05, 4.69) is 15.3 Å². The molecule has 4 aromatic rings. The van der Waals surface area contributed by atoms with Crippen LogP contribution < -0.4 is 26.1 Å². The van der Waals surface area contributed by atoms with Crippen LogP contribution in [0.3, 0.4) is 0 Å². The smallest absolute Gasteiger partial charge is 0.268 e. The van der Waals surface area contributed by atoms with E-state index in [-0.39, 0.29) is 34.4 Å². The Kier molecular flexibility index (Phi) is 6.17. The number of benzene rings is 2. The SMILES string of the molecule is COc1c(N)ncnc1Oc1ccc(NC(=O)c2cccn(-c3ccc(F)cc3)c2=O)cc1F. The first kappa shape index (κ1) is 22.4. The van der Waals surface area contributed by atoms with Crippen molar-refractivity contribution in [1.82, 2.24) is 14.5 Å². The number of halogens is 2. The number of nitrogens with two attached hydrogens (primary N) is 1. The zero-order valence-corrected chi connectivity index (χ0v) is 17.7. The molecule has 0 unspecified atom stereocenters. The molecule has 0 radical (unpaired) electrons. The van der Waals surface area contributed by atoms with Gasteiger partial charge in [-0.25, -0.2) is 13.8 Å². The van der Waals surface area contributed by atoms with E-state index in [4.69, 9.17) is 15.2 Å². The quantitative estimate of drug-likeness (QED) is 0.447. The number of rotatable bonds is 6. The number of methoxy groups -OCH3 is 1. The van der Waals surface area contributed by atoms with Crippen molar-refractivity contribution >= 4 is 17.4 Å². The van der Waals surface area contributed by atoms with Gasteiger partial charge in [-0.05, 0) is 48.5 Å². The number of anilines is 2. The van der Waals surface area contributed by atoms with Gasteiger partial charge < -0.3 is 20.5 Å². The van der Waals surface area contributed by atoms with E-state index in [0.717, 1.165) is 12.4 Å². The minimum absolute atomic E-state index is 0.0194. The number of nitrogens with one attached hydrogen (secondary N) is 1. The number of nitrogens with zero attached hydrogens (tertiary/aromatic N) is 3. The maximum Gasteiger partial charge on any atom is 0.268 e. The molecule has 0 bridgehead atoms.